The summed E-state index contributed by atoms with van der Waals surface area (Å²) in [5.41, 5.74) is 2.50. The van der Waals surface area contributed by atoms with E-state index in [0.717, 1.165) is 53.1 Å². The van der Waals surface area contributed by atoms with Crippen LogP contribution >= 0.6 is 11.3 Å². The van der Waals surface area contributed by atoms with Gasteiger partial charge < -0.3 is 9.42 Å². The van der Waals surface area contributed by atoms with Gasteiger partial charge in [-0.25, -0.2) is 4.98 Å². The summed E-state index contributed by atoms with van der Waals surface area (Å²) >= 11 is 1.75. The van der Waals surface area contributed by atoms with Crippen LogP contribution in [0.3, 0.4) is 0 Å². The van der Waals surface area contributed by atoms with Gasteiger partial charge in [-0.05, 0) is 37.1 Å². The molecule has 1 amide bonds. The zero-order chi connectivity index (χ0) is 18.2. The summed E-state index contributed by atoms with van der Waals surface area (Å²) in [4.78, 5) is 19.6. The summed E-state index contributed by atoms with van der Waals surface area (Å²) in [7, 11) is 0. The van der Waals surface area contributed by atoms with Crippen LogP contribution in [-0.4, -0.2) is 34.0 Å². The summed E-state index contributed by atoms with van der Waals surface area (Å²) in [6.45, 7) is 1.53. The standard InChI is InChI=1S/C21H19N3O2S/c25-20(12-17-15-7-1-3-9-18(15)26-23-17)24-11-5-6-14(13-24)21-22-16-8-2-4-10-19(16)27-21/h1-4,7-10,14H,5-6,11-13H2/t14-/m0/s1. The summed E-state index contributed by atoms with van der Waals surface area (Å²) < 4.78 is 6.55. The van der Waals surface area contributed by atoms with Crippen molar-refractivity contribution < 1.29 is 9.32 Å². The molecule has 136 valence electrons. The second kappa shape index (κ2) is 6.78. The molecule has 1 aliphatic heterocycles. The van der Waals surface area contributed by atoms with Crippen LogP contribution in [0.15, 0.2) is 53.1 Å². The molecular weight excluding hydrogens is 358 g/mol. The molecule has 0 aliphatic carbocycles. The number of thiazole rings is 1. The number of carbonyl (C=O) groups excluding carboxylic acids is 1. The minimum atomic E-state index is 0.111. The molecule has 0 N–H and O–H groups in total. The number of fused-ring (bicyclic) bond motifs is 2. The van der Waals surface area contributed by atoms with Crippen molar-refractivity contribution in [3.8, 4) is 0 Å². The van der Waals surface area contributed by atoms with Crippen molar-refractivity contribution in [3.63, 3.8) is 0 Å². The predicted octanol–water partition coefficient (Wildman–Crippen LogP) is 4.39. The van der Waals surface area contributed by atoms with Crippen LogP contribution in [0.25, 0.3) is 21.2 Å². The number of benzene rings is 2. The molecule has 27 heavy (non-hydrogen) atoms. The SMILES string of the molecule is O=C(Cc1noc2ccccc12)N1CCC[C@H](c2nc3ccccc3s2)C1. The first-order valence-electron chi connectivity index (χ1n) is 9.24. The number of likely N-dealkylation sites (tertiary alicyclic amines) is 1. The monoisotopic (exact) mass is 377 g/mol. The highest BCUT2D eigenvalue weighted by molar-refractivity contribution is 7.18. The van der Waals surface area contributed by atoms with Crippen LogP contribution in [0, 0.1) is 0 Å². The molecule has 6 heteroatoms. The topological polar surface area (TPSA) is 59.2 Å². The van der Waals surface area contributed by atoms with Crippen molar-refractivity contribution >= 4 is 38.4 Å². The second-order valence-electron chi connectivity index (χ2n) is 7.00. The Morgan fingerprint density at radius 2 is 2.04 bits per heavy atom. The third kappa shape index (κ3) is 3.10. The van der Waals surface area contributed by atoms with Crippen molar-refractivity contribution in [2.24, 2.45) is 0 Å². The molecule has 1 fully saturated rings. The normalized spacial score (nSPS) is 17.6. The van der Waals surface area contributed by atoms with Gasteiger partial charge in [0.05, 0.1) is 21.6 Å². The molecule has 1 aliphatic rings. The van der Waals surface area contributed by atoms with Crippen molar-refractivity contribution in [2.45, 2.75) is 25.2 Å². The fourth-order valence-electron chi connectivity index (χ4n) is 3.79. The van der Waals surface area contributed by atoms with Crippen molar-refractivity contribution in [1.82, 2.24) is 15.0 Å². The van der Waals surface area contributed by atoms with Crippen LogP contribution in [0.2, 0.25) is 0 Å². The molecule has 5 rings (SSSR count). The quantitative estimate of drug-likeness (QED) is 0.531. The summed E-state index contributed by atoms with van der Waals surface area (Å²) in [6, 6.07) is 15.9. The summed E-state index contributed by atoms with van der Waals surface area (Å²) in [5, 5.41) is 6.16. The molecule has 2 aromatic heterocycles. The van der Waals surface area contributed by atoms with E-state index in [-0.39, 0.29) is 12.3 Å². The van der Waals surface area contributed by atoms with Crippen LogP contribution in [0.4, 0.5) is 0 Å². The van der Waals surface area contributed by atoms with Crippen LogP contribution in [0.1, 0.15) is 29.5 Å². The Hall–Kier alpha value is -2.73. The van der Waals surface area contributed by atoms with E-state index in [0.29, 0.717) is 5.92 Å². The van der Waals surface area contributed by atoms with Gasteiger partial charge in [-0.2, -0.15) is 0 Å². The summed E-state index contributed by atoms with van der Waals surface area (Å²) in [6.07, 6.45) is 2.37. The molecule has 3 heterocycles. The highest BCUT2D eigenvalue weighted by Gasteiger charge is 2.27. The largest absolute Gasteiger partial charge is 0.356 e. The van der Waals surface area contributed by atoms with Gasteiger partial charge in [0.1, 0.15) is 5.69 Å². The van der Waals surface area contributed by atoms with Gasteiger partial charge in [0.25, 0.3) is 0 Å². The molecule has 4 aromatic rings. The van der Waals surface area contributed by atoms with E-state index >= 15 is 0 Å². The fraction of sp³-hybridized carbons (Fsp3) is 0.286. The van der Waals surface area contributed by atoms with Crippen LogP contribution in [0.5, 0.6) is 0 Å². The predicted molar refractivity (Wildman–Crippen MR) is 106 cm³/mol. The maximum atomic E-state index is 12.9. The van der Waals surface area contributed by atoms with Crippen molar-refractivity contribution in [2.75, 3.05) is 13.1 Å². The maximum absolute atomic E-state index is 12.9. The first-order valence-corrected chi connectivity index (χ1v) is 10.1. The third-order valence-electron chi connectivity index (χ3n) is 5.20. The Morgan fingerprint density at radius 3 is 2.96 bits per heavy atom. The lowest BCUT2D eigenvalue weighted by Gasteiger charge is -2.31. The number of para-hydroxylation sites is 2. The van der Waals surface area contributed by atoms with Gasteiger partial charge >= 0.3 is 0 Å². The molecule has 0 unspecified atom stereocenters. The Balaban J connectivity index is 1.33. The number of carbonyl (C=O) groups is 1. The van der Waals surface area contributed by atoms with Gasteiger partial charge in [0, 0.05) is 24.4 Å². The van der Waals surface area contributed by atoms with E-state index in [1.807, 2.05) is 41.3 Å². The van der Waals surface area contributed by atoms with Gasteiger partial charge in [-0.1, -0.05) is 29.4 Å². The van der Waals surface area contributed by atoms with E-state index in [4.69, 9.17) is 9.51 Å². The van der Waals surface area contributed by atoms with Crippen LogP contribution < -0.4 is 0 Å². The zero-order valence-corrected chi connectivity index (χ0v) is 15.6. The average molecular weight is 377 g/mol. The van der Waals surface area contributed by atoms with Crippen molar-refractivity contribution in [3.05, 3.63) is 59.2 Å². The lowest BCUT2D eigenvalue weighted by Crippen LogP contribution is -2.40. The fourth-order valence-corrected chi connectivity index (χ4v) is 4.88. The number of nitrogens with zero attached hydrogens (tertiary/aromatic N) is 3. The zero-order valence-electron chi connectivity index (χ0n) is 14.8. The first kappa shape index (κ1) is 16.4. The second-order valence-corrected chi connectivity index (χ2v) is 8.06. The average Bonchev–Trinajstić information content (AvgIpc) is 3.32. The molecule has 0 spiro atoms. The highest BCUT2D eigenvalue weighted by atomic mass is 32.1. The molecule has 0 saturated carbocycles. The Labute approximate surface area is 160 Å². The number of rotatable bonds is 3. The lowest BCUT2D eigenvalue weighted by atomic mass is 9.98. The van der Waals surface area contributed by atoms with E-state index in [1.165, 1.54) is 4.70 Å². The summed E-state index contributed by atoms with van der Waals surface area (Å²) in [5.74, 6) is 0.425. The smallest absolute Gasteiger partial charge is 0.228 e. The van der Waals surface area contributed by atoms with Gasteiger partial charge in [0.15, 0.2) is 5.58 Å². The maximum Gasteiger partial charge on any atom is 0.228 e. The minimum Gasteiger partial charge on any atom is -0.356 e. The number of amides is 1. The number of aromatic nitrogens is 2. The molecule has 2 aromatic carbocycles. The molecule has 1 atom stereocenters. The van der Waals surface area contributed by atoms with Gasteiger partial charge in [-0.15, -0.1) is 11.3 Å². The highest BCUT2D eigenvalue weighted by Crippen LogP contribution is 2.33. The molecule has 5 nitrogen and oxygen atoms in total. The van der Waals surface area contributed by atoms with Gasteiger partial charge in [0.2, 0.25) is 5.91 Å². The molecule has 0 radical (unpaired) electrons. The molecule has 0 bridgehead atoms. The Morgan fingerprint density at radius 1 is 1.19 bits per heavy atom. The number of piperidine rings is 1. The van der Waals surface area contributed by atoms with Crippen molar-refractivity contribution in [1.29, 1.82) is 0 Å². The molecule has 1 saturated heterocycles. The van der Waals surface area contributed by atoms with E-state index < -0.39 is 0 Å². The Kier molecular flexibility index (Phi) is 4.13. The van der Waals surface area contributed by atoms with Crippen LogP contribution in [-0.2, 0) is 11.2 Å². The lowest BCUT2D eigenvalue weighted by molar-refractivity contribution is -0.131. The number of hydrogen-bond donors (Lipinski definition) is 0. The molecular formula is C21H19N3O2S. The van der Waals surface area contributed by atoms with Gasteiger partial charge in [-0.3, -0.25) is 4.79 Å². The minimum absolute atomic E-state index is 0.111. The van der Waals surface area contributed by atoms with E-state index in [9.17, 15) is 4.79 Å². The first-order chi connectivity index (χ1) is 13.3. The van der Waals surface area contributed by atoms with E-state index in [1.54, 1.807) is 11.3 Å². The Bertz CT molecular complexity index is 1080. The van der Waals surface area contributed by atoms with E-state index in [2.05, 4.69) is 17.3 Å². The number of hydrogen-bond acceptors (Lipinski definition) is 5. The third-order valence-corrected chi connectivity index (χ3v) is 6.40.